The molecule has 0 aliphatic rings. The molecule has 1 amide bonds. The Hall–Kier alpha value is -2.22. The van der Waals surface area contributed by atoms with E-state index in [0.717, 1.165) is 5.56 Å². The number of benzene rings is 2. The largest absolute Gasteiger partial charge is 0.329 e. The molecule has 0 bridgehead atoms. The third-order valence-corrected chi connectivity index (χ3v) is 5.48. The Balaban J connectivity index is 2.09. The lowest BCUT2D eigenvalue weighted by Gasteiger charge is -2.24. The maximum absolute atomic E-state index is 12.4. The van der Waals surface area contributed by atoms with Crippen molar-refractivity contribution in [2.24, 2.45) is 5.73 Å². The Morgan fingerprint density at radius 2 is 1.77 bits per heavy atom. The summed E-state index contributed by atoms with van der Waals surface area (Å²) >= 11 is 0. The first-order valence-electron chi connectivity index (χ1n) is 8.40. The molecule has 7 heteroatoms. The van der Waals surface area contributed by atoms with E-state index in [0.29, 0.717) is 5.69 Å². The molecule has 0 radical (unpaired) electrons. The fourth-order valence-corrected chi connectivity index (χ4v) is 3.71. The van der Waals surface area contributed by atoms with Crippen molar-refractivity contribution in [3.8, 4) is 0 Å². The zero-order valence-corrected chi connectivity index (χ0v) is 15.8. The lowest BCUT2D eigenvalue weighted by molar-refractivity contribution is -0.117. The molecule has 0 unspecified atom stereocenters. The highest BCUT2D eigenvalue weighted by molar-refractivity contribution is 7.89. The summed E-state index contributed by atoms with van der Waals surface area (Å²) in [6.45, 7) is 4.37. The number of carbonyl (C=O) groups is 1. The van der Waals surface area contributed by atoms with Gasteiger partial charge in [0.2, 0.25) is 15.9 Å². The monoisotopic (exact) mass is 375 g/mol. The lowest BCUT2D eigenvalue weighted by atomic mass is 9.81. The van der Waals surface area contributed by atoms with Gasteiger partial charge in [-0.2, -0.15) is 0 Å². The fourth-order valence-electron chi connectivity index (χ4n) is 2.62. The van der Waals surface area contributed by atoms with Crippen LogP contribution in [0, 0.1) is 0 Å². The lowest BCUT2D eigenvalue weighted by Crippen LogP contribution is -2.29. The van der Waals surface area contributed by atoms with E-state index in [9.17, 15) is 13.2 Å². The van der Waals surface area contributed by atoms with Crippen LogP contribution >= 0.6 is 0 Å². The van der Waals surface area contributed by atoms with Crippen molar-refractivity contribution in [3.63, 3.8) is 0 Å². The minimum absolute atomic E-state index is 0.0890. The highest BCUT2D eigenvalue weighted by Gasteiger charge is 2.24. The van der Waals surface area contributed by atoms with Crippen LogP contribution in [0.4, 0.5) is 5.69 Å². The minimum Gasteiger partial charge on any atom is -0.329 e. The summed E-state index contributed by atoms with van der Waals surface area (Å²) in [5, 5.41) is 2.78. The van der Waals surface area contributed by atoms with Crippen molar-refractivity contribution in [1.29, 1.82) is 0 Å². The van der Waals surface area contributed by atoms with Crippen LogP contribution < -0.4 is 15.8 Å². The molecule has 2 aromatic rings. The number of anilines is 1. The average Bonchev–Trinajstić information content (AvgIpc) is 2.60. The predicted octanol–water partition coefficient (Wildman–Crippen LogP) is 2.23. The van der Waals surface area contributed by atoms with Gasteiger partial charge in [-0.05, 0) is 29.2 Å². The molecule has 6 nitrogen and oxygen atoms in total. The summed E-state index contributed by atoms with van der Waals surface area (Å²) in [5.74, 6) is -0.177. The second kappa shape index (κ2) is 8.44. The Morgan fingerprint density at radius 1 is 1.08 bits per heavy atom. The van der Waals surface area contributed by atoms with Gasteiger partial charge in [-0.15, -0.1) is 0 Å². The van der Waals surface area contributed by atoms with Crippen molar-refractivity contribution < 1.29 is 13.2 Å². The van der Waals surface area contributed by atoms with Crippen LogP contribution in [0.2, 0.25) is 0 Å². The molecule has 0 aromatic heterocycles. The zero-order chi connectivity index (χ0) is 19.2. The van der Waals surface area contributed by atoms with Crippen LogP contribution in [-0.4, -0.2) is 27.4 Å². The molecule has 0 saturated heterocycles. The number of nitrogens with two attached hydrogens (primary N) is 1. The number of carbonyl (C=O) groups excluding carboxylic acids is 1. The van der Waals surface area contributed by atoms with E-state index in [-0.39, 0.29) is 35.7 Å². The fraction of sp³-hybridized carbons (Fsp3) is 0.316. The normalized spacial score (nSPS) is 12.0. The average molecular weight is 375 g/mol. The van der Waals surface area contributed by atoms with Crippen LogP contribution in [0.25, 0.3) is 0 Å². The van der Waals surface area contributed by atoms with Gasteiger partial charge in [-0.3, -0.25) is 4.79 Å². The van der Waals surface area contributed by atoms with Gasteiger partial charge in [0.25, 0.3) is 0 Å². The summed E-state index contributed by atoms with van der Waals surface area (Å²) in [5.41, 5.74) is 6.50. The second-order valence-electron chi connectivity index (χ2n) is 6.69. The first-order chi connectivity index (χ1) is 12.2. The van der Waals surface area contributed by atoms with Crippen molar-refractivity contribution in [2.75, 3.05) is 18.4 Å². The molecule has 26 heavy (non-hydrogen) atoms. The summed E-state index contributed by atoms with van der Waals surface area (Å²) < 4.78 is 26.7. The highest BCUT2D eigenvalue weighted by atomic mass is 32.2. The maximum atomic E-state index is 12.4. The molecule has 0 fully saturated rings. The van der Waals surface area contributed by atoms with Gasteiger partial charge in [-0.25, -0.2) is 13.1 Å². The zero-order valence-electron chi connectivity index (χ0n) is 15.0. The summed E-state index contributed by atoms with van der Waals surface area (Å²) in [6.07, 6.45) is 0.277. The number of hydrogen-bond acceptors (Lipinski definition) is 4. The van der Waals surface area contributed by atoms with E-state index in [4.69, 9.17) is 5.73 Å². The molecule has 0 aliphatic heterocycles. The third kappa shape index (κ3) is 5.39. The molecule has 0 heterocycles. The topological polar surface area (TPSA) is 101 Å². The van der Waals surface area contributed by atoms with Crippen molar-refractivity contribution in [2.45, 2.75) is 30.6 Å². The quantitative estimate of drug-likeness (QED) is 0.658. The van der Waals surface area contributed by atoms with Gasteiger partial charge < -0.3 is 11.1 Å². The smallest absolute Gasteiger partial charge is 0.240 e. The summed E-state index contributed by atoms with van der Waals surface area (Å²) in [4.78, 5) is 12.5. The van der Waals surface area contributed by atoms with Gasteiger partial charge >= 0.3 is 0 Å². The van der Waals surface area contributed by atoms with E-state index in [2.05, 4.69) is 10.0 Å². The molecular weight excluding hydrogens is 350 g/mol. The molecular formula is C19H25N3O3S. The van der Waals surface area contributed by atoms with E-state index >= 15 is 0 Å². The highest BCUT2D eigenvalue weighted by Crippen LogP contribution is 2.27. The SMILES string of the molecule is CC(C)(CC(=O)Nc1cccc(S(=O)(=O)NCCN)c1)c1ccccc1. The van der Waals surface area contributed by atoms with Gasteiger partial charge in [-0.1, -0.05) is 50.2 Å². The Kier molecular flexibility index (Phi) is 6.52. The number of hydrogen-bond donors (Lipinski definition) is 3. The molecule has 2 rings (SSSR count). The van der Waals surface area contributed by atoms with Crippen molar-refractivity contribution in [3.05, 3.63) is 60.2 Å². The maximum Gasteiger partial charge on any atom is 0.240 e. The van der Waals surface area contributed by atoms with E-state index in [1.54, 1.807) is 12.1 Å². The second-order valence-corrected chi connectivity index (χ2v) is 8.46. The Morgan fingerprint density at radius 3 is 2.42 bits per heavy atom. The Bertz CT molecular complexity index is 849. The first kappa shape index (κ1) is 20.1. The van der Waals surface area contributed by atoms with E-state index < -0.39 is 10.0 Å². The van der Waals surface area contributed by atoms with Gasteiger partial charge in [0.1, 0.15) is 0 Å². The first-order valence-corrected chi connectivity index (χ1v) is 9.88. The molecule has 140 valence electrons. The van der Waals surface area contributed by atoms with Crippen LogP contribution in [0.1, 0.15) is 25.8 Å². The van der Waals surface area contributed by atoms with Gasteiger partial charge in [0, 0.05) is 25.2 Å². The molecule has 2 aromatic carbocycles. The van der Waals surface area contributed by atoms with E-state index in [1.165, 1.54) is 12.1 Å². The number of sulfonamides is 1. The molecule has 0 atom stereocenters. The number of nitrogens with one attached hydrogen (secondary N) is 2. The molecule has 0 aliphatic carbocycles. The van der Waals surface area contributed by atoms with Crippen molar-refractivity contribution >= 4 is 21.6 Å². The number of amides is 1. The molecule has 0 saturated carbocycles. The van der Waals surface area contributed by atoms with Crippen molar-refractivity contribution in [1.82, 2.24) is 4.72 Å². The van der Waals surface area contributed by atoms with Gasteiger partial charge in [0.05, 0.1) is 4.90 Å². The number of rotatable bonds is 8. The summed E-state index contributed by atoms with van der Waals surface area (Å²) in [7, 11) is -3.64. The summed E-state index contributed by atoms with van der Waals surface area (Å²) in [6, 6.07) is 16.0. The standard InChI is InChI=1S/C19H25N3O3S/c1-19(2,15-7-4-3-5-8-15)14-18(23)22-16-9-6-10-17(13-16)26(24,25)21-12-11-20/h3-10,13,21H,11-12,14,20H2,1-2H3,(H,22,23). The van der Waals surface area contributed by atoms with Crippen LogP contribution in [-0.2, 0) is 20.2 Å². The van der Waals surface area contributed by atoms with E-state index in [1.807, 2.05) is 44.2 Å². The minimum atomic E-state index is -3.64. The third-order valence-electron chi connectivity index (χ3n) is 4.02. The van der Waals surface area contributed by atoms with Gasteiger partial charge in [0.15, 0.2) is 0 Å². The predicted molar refractivity (Wildman–Crippen MR) is 103 cm³/mol. The van der Waals surface area contributed by atoms with Crippen LogP contribution in [0.3, 0.4) is 0 Å². The van der Waals surface area contributed by atoms with Crippen LogP contribution in [0.5, 0.6) is 0 Å². The van der Waals surface area contributed by atoms with Crippen LogP contribution in [0.15, 0.2) is 59.5 Å². The molecule has 4 N–H and O–H groups in total. The Labute approximate surface area is 154 Å². The molecule has 0 spiro atoms.